The zero-order valence-electron chi connectivity index (χ0n) is 18.0. The van der Waals surface area contributed by atoms with E-state index in [4.69, 9.17) is 10.5 Å². The summed E-state index contributed by atoms with van der Waals surface area (Å²) in [5, 5.41) is 0. The maximum Gasteiger partial charge on any atom is 0.324 e. The van der Waals surface area contributed by atoms with Crippen LogP contribution in [-0.2, 0) is 9.53 Å². The van der Waals surface area contributed by atoms with Crippen LogP contribution in [0.4, 0.5) is 0 Å². The van der Waals surface area contributed by atoms with Gasteiger partial charge in [-0.05, 0) is 73.3 Å². The van der Waals surface area contributed by atoms with Crippen LogP contribution in [0.3, 0.4) is 0 Å². The molecule has 4 heteroatoms. The van der Waals surface area contributed by atoms with Gasteiger partial charge in [0.15, 0.2) is 0 Å². The van der Waals surface area contributed by atoms with Gasteiger partial charge in [-0.1, -0.05) is 40.5 Å². The SMILES string of the molecule is CC(C)=CCC/C(C)=C/CC(/C=C(\C)CCC=C(C)C)OC(=O)[C@@H](N)CS. The maximum absolute atomic E-state index is 12.1. The lowest BCUT2D eigenvalue weighted by atomic mass is 10.0. The number of allylic oxidation sites excluding steroid dienone is 6. The zero-order chi connectivity index (χ0) is 20.8. The Morgan fingerprint density at radius 2 is 1.44 bits per heavy atom. The third kappa shape index (κ3) is 14.5. The van der Waals surface area contributed by atoms with Crippen LogP contribution >= 0.6 is 12.6 Å². The molecule has 0 fully saturated rings. The van der Waals surface area contributed by atoms with Crippen molar-refractivity contribution >= 4 is 18.6 Å². The smallest absolute Gasteiger partial charge is 0.324 e. The lowest BCUT2D eigenvalue weighted by molar-refractivity contribution is -0.147. The van der Waals surface area contributed by atoms with E-state index in [1.165, 1.54) is 22.3 Å². The van der Waals surface area contributed by atoms with Gasteiger partial charge in [0.1, 0.15) is 12.1 Å². The predicted octanol–water partition coefficient (Wildman–Crippen LogP) is 5.93. The normalized spacial score (nSPS) is 14.4. The first-order valence-corrected chi connectivity index (χ1v) is 10.5. The highest BCUT2D eigenvalue weighted by molar-refractivity contribution is 7.80. The minimum absolute atomic E-state index is 0.284. The molecule has 0 saturated carbocycles. The summed E-state index contributed by atoms with van der Waals surface area (Å²) in [6, 6.07) is -0.682. The molecule has 2 atom stereocenters. The van der Waals surface area contributed by atoms with Crippen molar-refractivity contribution in [2.24, 2.45) is 5.73 Å². The first-order valence-electron chi connectivity index (χ1n) is 9.82. The molecule has 0 bridgehead atoms. The topological polar surface area (TPSA) is 52.3 Å². The Labute approximate surface area is 172 Å². The standard InChI is InChI=1S/C23H39NO2S/c1-17(2)9-7-11-19(5)13-14-21(26-23(25)22(24)16-27)15-20(6)12-8-10-18(3)4/h9-10,13,15,21-22,27H,7-8,11-12,14,16,24H2,1-6H3/b19-13+,20-15+/t21?,22-/m0/s1. The van der Waals surface area contributed by atoms with Crippen molar-refractivity contribution in [3.63, 3.8) is 0 Å². The van der Waals surface area contributed by atoms with Crippen LogP contribution in [0.2, 0.25) is 0 Å². The fourth-order valence-corrected chi connectivity index (χ4v) is 2.61. The van der Waals surface area contributed by atoms with E-state index in [-0.39, 0.29) is 17.8 Å². The molecule has 0 heterocycles. The van der Waals surface area contributed by atoms with Crippen molar-refractivity contribution in [2.45, 2.75) is 85.8 Å². The van der Waals surface area contributed by atoms with E-state index >= 15 is 0 Å². The van der Waals surface area contributed by atoms with E-state index in [0.29, 0.717) is 6.42 Å². The fraction of sp³-hybridized carbons (Fsp3) is 0.609. The monoisotopic (exact) mass is 393 g/mol. The highest BCUT2D eigenvalue weighted by Crippen LogP contribution is 2.15. The molecule has 0 spiro atoms. The lowest BCUT2D eigenvalue weighted by Crippen LogP contribution is -2.36. The predicted molar refractivity (Wildman–Crippen MR) is 121 cm³/mol. The molecule has 0 radical (unpaired) electrons. The molecule has 0 saturated heterocycles. The number of hydrogen-bond donors (Lipinski definition) is 2. The molecule has 0 aromatic heterocycles. The molecule has 0 aliphatic carbocycles. The third-order valence-electron chi connectivity index (χ3n) is 4.12. The number of esters is 1. The van der Waals surface area contributed by atoms with Gasteiger partial charge in [0, 0.05) is 12.2 Å². The van der Waals surface area contributed by atoms with Crippen molar-refractivity contribution in [3.05, 3.63) is 46.6 Å². The Hall–Kier alpha value is -1.26. The second-order valence-corrected chi connectivity index (χ2v) is 8.07. The number of carbonyl (C=O) groups is 1. The summed E-state index contributed by atoms with van der Waals surface area (Å²) in [5.74, 6) is -0.106. The fourth-order valence-electron chi connectivity index (χ4n) is 2.46. The quantitative estimate of drug-likeness (QED) is 0.245. The maximum atomic E-state index is 12.1. The van der Waals surface area contributed by atoms with Crippen molar-refractivity contribution in [2.75, 3.05) is 5.75 Å². The van der Waals surface area contributed by atoms with Crippen LogP contribution in [0.1, 0.15) is 73.6 Å². The third-order valence-corrected chi connectivity index (χ3v) is 4.51. The summed E-state index contributed by atoms with van der Waals surface area (Å²) < 4.78 is 5.63. The molecule has 3 nitrogen and oxygen atoms in total. The number of rotatable bonds is 12. The second kappa shape index (κ2) is 14.8. The summed E-state index contributed by atoms with van der Waals surface area (Å²) in [6.45, 7) is 12.6. The molecular formula is C23H39NO2S. The van der Waals surface area contributed by atoms with Crippen LogP contribution in [0.5, 0.6) is 0 Å². The molecule has 2 N–H and O–H groups in total. The first kappa shape index (κ1) is 25.7. The van der Waals surface area contributed by atoms with Gasteiger partial charge in [-0.3, -0.25) is 4.79 Å². The van der Waals surface area contributed by atoms with E-state index < -0.39 is 6.04 Å². The van der Waals surface area contributed by atoms with Gasteiger partial charge in [-0.2, -0.15) is 12.6 Å². The number of carbonyl (C=O) groups excluding carboxylic acids is 1. The van der Waals surface area contributed by atoms with Crippen molar-refractivity contribution < 1.29 is 9.53 Å². The Kier molecular flexibility index (Phi) is 14.1. The van der Waals surface area contributed by atoms with Crippen molar-refractivity contribution in [3.8, 4) is 0 Å². The van der Waals surface area contributed by atoms with Crippen LogP contribution in [0.15, 0.2) is 46.6 Å². The van der Waals surface area contributed by atoms with E-state index in [9.17, 15) is 4.79 Å². The van der Waals surface area contributed by atoms with Gasteiger partial charge in [0.2, 0.25) is 0 Å². The molecule has 0 aromatic carbocycles. The summed E-state index contributed by atoms with van der Waals surface area (Å²) in [4.78, 5) is 12.1. The summed E-state index contributed by atoms with van der Waals surface area (Å²) in [6.07, 6.45) is 13.1. The minimum atomic E-state index is -0.682. The number of hydrogen-bond acceptors (Lipinski definition) is 4. The van der Waals surface area contributed by atoms with Crippen LogP contribution < -0.4 is 5.73 Å². The van der Waals surface area contributed by atoms with E-state index in [1.54, 1.807) is 0 Å². The van der Waals surface area contributed by atoms with Crippen LogP contribution in [0, 0.1) is 0 Å². The Morgan fingerprint density at radius 1 is 0.926 bits per heavy atom. The Balaban J connectivity index is 4.98. The molecule has 1 unspecified atom stereocenters. The molecule has 0 aliphatic heterocycles. The van der Waals surface area contributed by atoms with E-state index in [2.05, 4.69) is 78.5 Å². The largest absolute Gasteiger partial charge is 0.457 e. The Morgan fingerprint density at radius 3 is 1.93 bits per heavy atom. The molecule has 0 aromatic rings. The average Bonchev–Trinajstić information content (AvgIpc) is 2.58. The molecule has 154 valence electrons. The van der Waals surface area contributed by atoms with Gasteiger partial charge in [0.05, 0.1) is 0 Å². The van der Waals surface area contributed by atoms with Gasteiger partial charge < -0.3 is 10.5 Å². The van der Waals surface area contributed by atoms with Crippen molar-refractivity contribution in [1.82, 2.24) is 0 Å². The minimum Gasteiger partial charge on any atom is -0.457 e. The first-order chi connectivity index (χ1) is 12.6. The van der Waals surface area contributed by atoms with Gasteiger partial charge in [-0.15, -0.1) is 0 Å². The molecule has 0 amide bonds. The van der Waals surface area contributed by atoms with Crippen LogP contribution in [-0.4, -0.2) is 23.9 Å². The lowest BCUT2D eigenvalue weighted by Gasteiger charge is -2.17. The van der Waals surface area contributed by atoms with Crippen molar-refractivity contribution in [1.29, 1.82) is 0 Å². The number of nitrogens with two attached hydrogens (primary N) is 1. The Bertz CT molecular complexity index is 565. The van der Waals surface area contributed by atoms with Gasteiger partial charge in [0.25, 0.3) is 0 Å². The van der Waals surface area contributed by atoms with Crippen LogP contribution in [0.25, 0.3) is 0 Å². The molecule has 27 heavy (non-hydrogen) atoms. The summed E-state index contributed by atoms with van der Waals surface area (Å²) >= 11 is 4.09. The summed E-state index contributed by atoms with van der Waals surface area (Å²) in [5.41, 5.74) is 10.9. The average molecular weight is 394 g/mol. The van der Waals surface area contributed by atoms with Gasteiger partial charge in [-0.25, -0.2) is 0 Å². The van der Waals surface area contributed by atoms with Gasteiger partial charge >= 0.3 is 5.97 Å². The molecule has 0 rings (SSSR count). The van der Waals surface area contributed by atoms with E-state index in [1.807, 2.05) is 0 Å². The van der Waals surface area contributed by atoms with E-state index in [0.717, 1.165) is 25.7 Å². The molecular weight excluding hydrogens is 354 g/mol. The summed E-state index contributed by atoms with van der Waals surface area (Å²) in [7, 11) is 0. The second-order valence-electron chi connectivity index (χ2n) is 7.70. The number of thiol groups is 1. The molecule has 0 aliphatic rings. The highest BCUT2D eigenvalue weighted by atomic mass is 32.1. The number of ether oxygens (including phenoxy) is 1. The highest BCUT2D eigenvalue weighted by Gasteiger charge is 2.17. The zero-order valence-corrected chi connectivity index (χ0v) is 18.9.